The molecule has 0 spiro atoms. The van der Waals surface area contributed by atoms with Gasteiger partial charge in [-0.25, -0.2) is 0 Å². The van der Waals surface area contributed by atoms with E-state index in [-0.39, 0.29) is 0 Å². The normalized spacial score (nSPS) is 10.5. The number of ether oxygens (including phenoxy) is 1. The Kier molecular flexibility index (Phi) is 5.72. The molecule has 90 valence electrons. The summed E-state index contributed by atoms with van der Waals surface area (Å²) >= 11 is 0. The minimum Gasteiger partial charge on any atom is -0.493 e. The molecule has 0 aliphatic rings. The van der Waals surface area contributed by atoms with E-state index in [9.17, 15) is 0 Å². The Morgan fingerprint density at radius 1 is 1.25 bits per heavy atom. The summed E-state index contributed by atoms with van der Waals surface area (Å²) in [6.45, 7) is 6.69. The zero-order valence-corrected chi connectivity index (χ0v) is 10.2. The Bertz CT molecular complexity index is 282. The van der Waals surface area contributed by atoms with Crippen molar-refractivity contribution in [3.63, 3.8) is 0 Å². The molecule has 1 aromatic rings. The van der Waals surface area contributed by atoms with Crippen LogP contribution in [0.4, 0.5) is 5.69 Å². The average Bonchev–Trinajstić information content (AvgIpc) is 2.28. The molecule has 16 heavy (non-hydrogen) atoms. The molecular weight excluding hydrogens is 200 g/mol. The van der Waals surface area contributed by atoms with E-state index in [2.05, 4.69) is 19.2 Å². The first-order chi connectivity index (χ1) is 7.72. The molecule has 0 fully saturated rings. The fraction of sp³-hybridized carbons (Fsp3) is 0.538. The average molecular weight is 222 g/mol. The number of hydrogen-bond donors (Lipinski definition) is 2. The van der Waals surface area contributed by atoms with Gasteiger partial charge in [0.1, 0.15) is 5.75 Å². The van der Waals surface area contributed by atoms with E-state index < -0.39 is 0 Å². The van der Waals surface area contributed by atoms with Crippen LogP contribution in [0.5, 0.6) is 5.75 Å². The molecule has 0 unspecified atom stereocenters. The van der Waals surface area contributed by atoms with Gasteiger partial charge in [0.15, 0.2) is 0 Å². The second kappa shape index (κ2) is 7.12. The van der Waals surface area contributed by atoms with Crippen molar-refractivity contribution in [2.75, 3.05) is 25.0 Å². The lowest BCUT2D eigenvalue weighted by Gasteiger charge is -2.10. The number of hydrogen-bond acceptors (Lipinski definition) is 3. The van der Waals surface area contributed by atoms with Gasteiger partial charge in [-0.15, -0.1) is 0 Å². The zero-order chi connectivity index (χ0) is 11.8. The lowest BCUT2D eigenvalue weighted by Crippen LogP contribution is -2.08. The third-order valence-corrected chi connectivity index (χ3v) is 2.15. The predicted molar refractivity (Wildman–Crippen MR) is 68.9 cm³/mol. The summed E-state index contributed by atoms with van der Waals surface area (Å²) in [4.78, 5) is 0. The van der Waals surface area contributed by atoms with E-state index in [0.717, 1.165) is 37.6 Å². The smallest absolute Gasteiger partial charge is 0.119 e. The molecule has 0 saturated heterocycles. The van der Waals surface area contributed by atoms with Gasteiger partial charge >= 0.3 is 0 Å². The quantitative estimate of drug-likeness (QED) is 0.697. The van der Waals surface area contributed by atoms with E-state index in [4.69, 9.17) is 10.5 Å². The second-order valence-corrected chi connectivity index (χ2v) is 4.30. The molecule has 0 aromatic heterocycles. The predicted octanol–water partition coefficient (Wildman–Crippen LogP) is 2.48. The molecular formula is C13H22N2O. The van der Waals surface area contributed by atoms with Crippen molar-refractivity contribution in [3.05, 3.63) is 24.3 Å². The molecule has 0 bridgehead atoms. The van der Waals surface area contributed by atoms with Crippen LogP contribution >= 0.6 is 0 Å². The van der Waals surface area contributed by atoms with Crippen LogP contribution in [0.1, 0.15) is 20.3 Å². The van der Waals surface area contributed by atoms with Crippen molar-refractivity contribution in [3.8, 4) is 5.75 Å². The molecule has 0 atom stereocenters. The van der Waals surface area contributed by atoms with Gasteiger partial charge in [-0.1, -0.05) is 13.8 Å². The fourth-order valence-electron chi connectivity index (χ4n) is 1.27. The second-order valence-electron chi connectivity index (χ2n) is 4.30. The maximum Gasteiger partial charge on any atom is 0.119 e. The van der Waals surface area contributed by atoms with Crippen LogP contribution < -0.4 is 15.8 Å². The highest BCUT2D eigenvalue weighted by Gasteiger charge is 1.97. The summed E-state index contributed by atoms with van der Waals surface area (Å²) in [5, 5.41) is 3.30. The van der Waals surface area contributed by atoms with Crippen molar-refractivity contribution in [2.24, 2.45) is 11.7 Å². The van der Waals surface area contributed by atoms with Crippen LogP contribution in [0.2, 0.25) is 0 Å². The Labute approximate surface area is 98.0 Å². The summed E-state index contributed by atoms with van der Waals surface area (Å²) in [6.07, 6.45) is 0.992. The maximum atomic E-state index is 5.60. The van der Waals surface area contributed by atoms with Crippen molar-refractivity contribution in [1.82, 2.24) is 0 Å². The molecule has 0 radical (unpaired) electrons. The first-order valence-corrected chi connectivity index (χ1v) is 5.89. The number of anilines is 1. The first-order valence-electron chi connectivity index (χ1n) is 5.89. The summed E-state index contributed by atoms with van der Waals surface area (Å²) in [5.74, 6) is 1.49. The molecule has 0 aliphatic heterocycles. The van der Waals surface area contributed by atoms with Gasteiger partial charge < -0.3 is 15.8 Å². The van der Waals surface area contributed by atoms with Crippen LogP contribution in [-0.2, 0) is 0 Å². The van der Waals surface area contributed by atoms with Crippen LogP contribution in [0.3, 0.4) is 0 Å². The molecule has 0 saturated carbocycles. The minimum atomic E-state index is 0.558. The number of benzene rings is 1. The van der Waals surface area contributed by atoms with Gasteiger partial charge in [-0.2, -0.15) is 0 Å². The van der Waals surface area contributed by atoms with E-state index in [1.165, 1.54) is 0 Å². The van der Waals surface area contributed by atoms with Crippen LogP contribution in [0.15, 0.2) is 24.3 Å². The van der Waals surface area contributed by atoms with E-state index in [0.29, 0.717) is 5.92 Å². The molecule has 0 heterocycles. The molecule has 0 aliphatic carbocycles. The Morgan fingerprint density at radius 3 is 2.50 bits per heavy atom. The van der Waals surface area contributed by atoms with E-state index in [1.807, 2.05) is 24.3 Å². The van der Waals surface area contributed by atoms with Crippen molar-refractivity contribution in [2.45, 2.75) is 20.3 Å². The molecule has 3 heteroatoms. The van der Waals surface area contributed by atoms with Gasteiger partial charge in [-0.3, -0.25) is 0 Å². The third kappa shape index (κ3) is 5.03. The van der Waals surface area contributed by atoms with Gasteiger partial charge in [0.25, 0.3) is 0 Å². The van der Waals surface area contributed by atoms with Crippen molar-refractivity contribution < 1.29 is 4.74 Å². The highest BCUT2D eigenvalue weighted by molar-refractivity contribution is 5.46. The van der Waals surface area contributed by atoms with Crippen LogP contribution in [0.25, 0.3) is 0 Å². The first kappa shape index (κ1) is 12.8. The minimum absolute atomic E-state index is 0.558. The summed E-state index contributed by atoms with van der Waals surface area (Å²) < 4.78 is 5.60. The third-order valence-electron chi connectivity index (χ3n) is 2.15. The Balaban J connectivity index is 2.35. The molecule has 1 aromatic carbocycles. The molecule has 3 N–H and O–H groups in total. The summed E-state index contributed by atoms with van der Waals surface area (Å²) in [7, 11) is 0. The molecule has 0 amide bonds. The zero-order valence-electron chi connectivity index (χ0n) is 10.2. The van der Waals surface area contributed by atoms with Crippen molar-refractivity contribution in [1.29, 1.82) is 0 Å². The number of nitrogens with one attached hydrogen (secondary N) is 1. The number of nitrogens with two attached hydrogens (primary N) is 1. The standard InChI is InChI=1S/C13H22N2O/c1-11(2)10-16-13-6-4-12(5-7-13)15-9-3-8-14/h4-7,11,15H,3,8-10,14H2,1-2H3. The van der Waals surface area contributed by atoms with Crippen LogP contribution in [-0.4, -0.2) is 19.7 Å². The lowest BCUT2D eigenvalue weighted by atomic mass is 10.2. The van der Waals surface area contributed by atoms with Gasteiger partial charge in [0.05, 0.1) is 6.61 Å². The molecule has 3 nitrogen and oxygen atoms in total. The van der Waals surface area contributed by atoms with Crippen molar-refractivity contribution >= 4 is 5.69 Å². The largest absolute Gasteiger partial charge is 0.493 e. The highest BCUT2D eigenvalue weighted by atomic mass is 16.5. The Hall–Kier alpha value is -1.22. The molecule has 1 rings (SSSR count). The Morgan fingerprint density at radius 2 is 1.94 bits per heavy atom. The summed E-state index contributed by atoms with van der Waals surface area (Å²) in [6, 6.07) is 8.05. The van der Waals surface area contributed by atoms with Gasteiger partial charge in [0, 0.05) is 12.2 Å². The van der Waals surface area contributed by atoms with Gasteiger partial charge in [0.2, 0.25) is 0 Å². The lowest BCUT2D eigenvalue weighted by molar-refractivity contribution is 0.271. The van der Waals surface area contributed by atoms with E-state index in [1.54, 1.807) is 0 Å². The van der Waals surface area contributed by atoms with Crippen LogP contribution in [0, 0.1) is 5.92 Å². The topological polar surface area (TPSA) is 47.3 Å². The summed E-state index contributed by atoms with van der Waals surface area (Å²) in [5.41, 5.74) is 6.54. The van der Waals surface area contributed by atoms with Gasteiger partial charge in [-0.05, 0) is 43.1 Å². The SMILES string of the molecule is CC(C)COc1ccc(NCCCN)cc1. The number of rotatable bonds is 7. The highest BCUT2D eigenvalue weighted by Crippen LogP contribution is 2.16. The maximum absolute atomic E-state index is 5.60. The fourth-order valence-corrected chi connectivity index (χ4v) is 1.27. The monoisotopic (exact) mass is 222 g/mol. The van der Waals surface area contributed by atoms with E-state index >= 15 is 0 Å².